The molecular weight excluding hydrogens is 402 g/mol. The van der Waals surface area contributed by atoms with Crippen molar-refractivity contribution in [2.45, 2.75) is 26.3 Å². The van der Waals surface area contributed by atoms with Crippen LogP contribution < -0.4 is 4.90 Å². The lowest BCUT2D eigenvalue weighted by Gasteiger charge is -2.20. The number of fused-ring (bicyclic) bond motifs is 2. The molecule has 0 radical (unpaired) electrons. The minimum atomic E-state index is -0.608. The van der Waals surface area contributed by atoms with Crippen LogP contribution in [0.1, 0.15) is 20.8 Å². The Labute approximate surface area is 185 Å². The van der Waals surface area contributed by atoms with Crippen molar-refractivity contribution in [3.63, 3.8) is 0 Å². The van der Waals surface area contributed by atoms with Gasteiger partial charge in [0, 0.05) is 5.56 Å². The topological polar surface area (TPSA) is 81.0 Å². The lowest BCUT2D eigenvalue weighted by Crippen LogP contribution is -2.35. The predicted molar refractivity (Wildman–Crippen MR) is 126 cm³/mol. The first-order chi connectivity index (χ1) is 15.3. The van der Waals surface area contributed by atoms with Gasteiger partial charge in [-0.25, -0.2) is 19.5 Å². The summed E-state index contributed by atoms with van der Waals surface area (Å²) >= 11 is 0. The summed E-state index contributed by atoms with van der Waals surface area (Å²) in [4.78, 5) is 35.0. The van der Waals surface area contributed by atoms with E-state index in [1.807, 2.05) is 63.2 Å². The van der Waals surface area contributed by atoms with Crippen LogP contribution in [0.3, 0.4) is 0 Å². The van der Waals surface area contributed by atoms with Gasteiger partial charge in [-0.1, -0.05) is 49.6 Å². The third kappa shape index (κ3) is 3.47. The summed E-state index contributed by atoms with van der Waals surface area (Å²) in [7, 11) is 0. The second-order valence-electron chi connectivity index (χ2n) is 8.31. The maximum atomic E-state index is 12.6. The van der Waals surface area contributed by atoms with Crippen LogP contribution in [0.2, 0.25) is 0 Å². The Morgan fingerprint density at radius 1 is 0.969 bits per heavy atom. The van der Waals surface area contributed by atoms with Crippen molar-refractivity contribution in [1.29, 1.82) is 0 Å². The van der Waals surface area contributed by atoms with Crippen molar-refractivity contribution in [2.24, 2.45) is 0 Å². The molecule has 0 spiro atoms. The molecule has 4 aromatic rings. The van der Waals surface area contributed by atoms with Crippen molar-refractivity contribution in [1.82, 2.24) is 19.7 Å². The summed E-state index contributed by atoms with van der Waals surface area (Å²) in [6, 6.07) is 14.0. The lowest BCUT2D eigenvalue weighted by molar-refractivity contribution is -0.121. The number of hydrogen-bond donors (Lipinski definition) is 0. The monoisotopic (exact) mass is 425 g/mol. The molecule has 7 nitrogen and oxygen atoms in total. The van der Waals surface area contributed by atoms with Crippen LogP contribution in [0.25, 0.3) is 33.1 Å². The molecule has 2 amide bonds. The van der Waals surface area contributed by atoms with Crippen molar-refractivity contribution in [3.8, 4) is 11.3 Å². The summed E-state index contributed by atoms with van der Waals surface area (Å²) in [6.07, 6.45) is 3.46. The highest BCUT2D eigenvalue weighted by molar-refractivity contribution is 6.24. The van der Waals surface area contributed by atoms with Crippen LogP contribution in [0.4, 0.5) is 5.82 Å². The fraction of sp³-hybridized carbons (Fsp3) is 0.160. The molecule has 0 unspecified atom stereocenters. The number of imide groups is 1. The third-order valence-corrected chi connectivity index (χ3v) is 5.10. The molecule has 2 aromatic heterocycles. The zero-order valence-electron chi connectivity index (χ0n) is 18.2. The van der Waals surface area contributed by atoms with E-state index in [0.29, 0.717) is 16.7 Å². The average molecular weight is 425 g/mol. The number of rotatable bonds is 4. The minimum Gasteiger partial charge on any atom is -0.269 e. The smallest absolute Gasteiger partial charge is 0.258 e. The van der Waals surface area contributed by atoms with Crippen molar-refractivity contribution >= 4 is 39.4 Å². The maximum absolute atomic E-state index is 12.6. The molecule has 7 heteroatoms. The first kappa shape index (κ1) is 21.1. The van der Waals surface area contributed by atoms with E-state index in [9.17, 15) is 9.59 Å². The van der Waals surface area contributed by atoms with Crippen molar-refractivity contribution in [2.75, 3.05) is 4.90 Å². The Morgan fingerprint density at radius 3 is 2.25 bits per heavy atom. The number of carbonyl (C=O) groups is 2. The standard InChI is InChI=1S/C25H23N5O2/c1-6-19(31)29(20(32)7-2)23-21-22(18-13-12-16-10-8-9-11-17(16)14-18)28-30(25(3,4)5)24(21)27-15-26-23/h6-15H,1-2H2,3-5H3. The second-order valence-corrected chi connectivity index (χ2v) is 8.31. The van der Waals surface area contributed by atoms with Gasteiger partial charge in [-0.3, -0.25) is 9.59 Å². The summed E-state index contributed by atoms with van der Waals surface area (Å²) in [5.74, 6) is -1.07. The van der Waals surface area contributed by atoms with Gasteiger partial charge in [-0.2, -0.15) is 5.10 Å². The number of nitrogens with zero attached hydrogens (tertiary/aromatic N) is 5. The molecule has 0 saturated heterocycles. The van der Waals surface area contributed by atoms with E-state index in [0.717, 1.165) is 33.4 Å². The van der Waals surface area contributed by atoms with Crippen LogP contribution in [-0.2, 0) is 15.1 Å². The summed E-state index contributed by atoms with van der Waals surface area (Å²) in [6.45, 7) is 13.1. The average Bonchev–Trinajstić information content (AvgIpc) is 3.19. The molecule has 0 saturated carbocycles. The lowest BCUT2D eigenvalue weighted by atomic mass is 10.0. The SMILES string of the molecule is C=CC(=O)N(C(=O)C=C)c1ncnc2c1c(-c1ccc3ccccc3c1)nn2C(C)(C)C. The van der Waals surface area contributed by atoms with Crippen LogP contribution in [0.5, 0.6) is 0 Å². The van der Waals surface area contributed by atoms with E-state index in [-0.39, 0.29) is 5.82 Å². The normalized spacial score (nSPS) is 11.5. The number of hydrogen-bond acceptors (Lipinski definition) is 5. The molecule has 0 aliphatic heterocycles. The zero-order chi connectivity index (χ0) is 23.0. The van der Waals surface area contributed by atoms with Gasteiger partial charge in [0.1, 0.15) is 12.0 Å². The molecular formula is C25H23N5O2. The van der Waals surface area contributed by atoms with Gasteiger partial charge in [-0.05, 0) is 49.8 Å². The summed E-state index contributed by atoms with van der Waals surface area (Å²) in [5.41, 5.74) is 1.51. The van der Waals surface area contributed by atoms with Crippen LogP contribution in [0, 0.1) is 0 Å². The number of benzene rings is 2. The molecule has 2 heterocycles. The first-order valence-electron chi connectivity index (χ1n) is 10.1. The van der Waals surface area contributed by atoms with Gasteiger partial charge in [0.25, 0.3) is 11.8 Å². The van der Waals surface area contributed by atoms with Gasteiger partial charge in [0.05, 0.1) is 10.9 Å². The predicted octanol–water partition coefficient (Wildman–Crippen LogP) is 4.63. The molecule has 0 aliphatic rings. The molecule has 160 valence electrons. The maximum Gasteiger partial charge on any atom is 0.258 e. The van der Waals surface area contributed by atoms with Gasteiger partial charge < -0.3 is 0 Å². The molecule has 2 aromatic carbocycles. The number of aromatic nitrogens is 4. The Kier molecular flexibility index (Phi) is 5.18. The number of amides is 2. The largest absolute Gasteiger partial charge is 0.269 e. The van der Waals surface area contributed by atoms with Crippen LogP contribution in [-0.4, -0.2) is 31.6 Å². The Bertz CT molecular complexity index is 1370. The minimum absolute atomic E-state index is 0.142. The van der Waals surface area contributed by atoms with Gasteiger partial charge >= 0.3 is 0 Å². The van der Waals surface area contributed by atoms with Gasteiger partial charge in [0.15, 0.2) is 11.5 Å². The molecule has 4 rings (SSSR count). The Morgan fingerprint density at radius 2 is 1.62 bits per heavy atom. The van der Waals surface area contributed by atoms with E-state index in [1.165, 1.54) is 6.33 Å². The van der Waals surface area contributed by atoms with E-state index < -0.39 is 17.4 Å². The van der Waals surface area contributed by atoms with E-state index >= 15 is 0 Å². The Hall–Kier alpha value is -4.13. The van der Waals surface area contributed by atoms with Crippen LogP contribution in [0.15, 0.2) is 74.1 Å². The molecule has 0 aliphatic carbocycles. The fourth-order valence-electron chi connectivity index (χ4n) is 3.61. The van der Waals surface area contributed by atoms with E-state index in [4.69, 9.17) is 5.10 Å². The van der Waals surface area contributed by atoms with E-state index in [1.54, 1.807) is 4.68 Å². The van der Waals surface area contributed by atoms with Crippen LogP contribution >= 0.6 is 0 Å². The zero-order valence-corrected chi connectivity index (χ0v) is 18.2. The summed E-state index contributed by atoms with van der Waals surface area (Å²) < 4.78 is 1.78. The van der Waals surface area contributed by atoms with Crippen molar-refractivity contribution in [3.05, 3.63) is 74.1 Å². The highest BCUT2D eigenvalue weighted by Crippen LogP contribution is 2.36. The molecule has 0 fully saturated rings. The first-order valence-corrected chi connectivity index (χ1v) is 10.1. The third-order valence-electron chi connectivity index (χ3n) is 5.10. The second kappa shape index (κ2) is 7.85. The molecule has 0 atom stereocenters. The van der Waals surface area contributed by atoms with Gasteiger partial charge in [-0.15, -0.1) is 0 Å². The van der Waals surface area contributed by atoms with Crippen molar-refractivity contribution < 1.29 is 9.59 Å². The fourth-order valence-corrected chi connectivity index (χ4v) is 3.61. The highest BCUT2D eigenvalue weighted by atomic mass is 16.2. The molecule has 0 N–H and O–H groups in total. The molecule has 32 heavy (non-hydrogen) atoms. The Balaban J connectivity index is 2.10. The number of anilines is 1. The van der Waals surface area contributed by atoms with Gasteiger partial charge in [0.2, 0.25) is 0 Å². The van der Waals surface area contributed by atoms with E-state index in [2.05, 4.69) is 23.1 Å². The molecule has 0 bridgehead atoms. The number of carbonyl (C=O) groups excluding carboxylic acids is 2. The highest BCUT2D eigenvalue weighted by Gasteiger charge is 2.30. The quantitative estimate of drug-likeness (QED) is 0.445. The summed E-state index contributed by atoms with van der Waals surface area (Å²) in [5, 5.41) is 7.51.